The van der Waals surface area contributed by atoms with Crippen molar-refractivity contribution in [2.24, 2.45) is 0 Å². The Morgan fingerprint density at radius 1 is 1.17 bits per heavy atom. The molecule has 0 saturated carbocycles. The van der Waals surface area contributed by atoms with E-state index in [1.54, 1.807) is 0 Å². The Kier molecular flexibility index (Phi) is 5.87. The predicted molar refractivity (Wildman–Crippen MR) is 113 cm³/mol. The Morgan fingerprint density at radius 2 is 2.00 bits per heavy atom. The van der Waals surface area contributed by atoms with Gasteiger partial charge in [-0.1, -0.05) is 30.3 Å². The monoisotopic (exact) mass is 392 g/mol. The molecule has 0 aliphatic carbocycles. The van der Waals surface area contributed by atoms with Gasteiger partial charge < -0.3 is 10.2 Å². The first-order valence-corrected chi connectivity index (χ1v) is 10.1. The van der Waals surface area contributed by atoms with Crippen molar-refractivity contribution in [1.29, 1.82) is 0 Å². The minimum Gasteiger partial charge on any atom is -0.351 e. The molecule has 1 atom stereocenters. The van der Waals surface area contributed by atoms with Crippen molar-refractivity contribution in [2.45, 2.75) is 18.9 Å². The van der Waals surface area contributed by atoms with Crippen LogP contribution in [0.5, 0.6) is 0 Å². The summed E-state index contributed by atoms with van der Waals surface area (Å²) in [5, 5.41) is 11.7. The number of nitrogens with zero attached hydrogens (tertiary/aromatic N) is 5. The fraction of sp³-hybridized carbons (Fsp3) is 0.409. The third-order valence-electron chi connectivity index (χ3n) is 5.42. The molecule has 0 radical (unpaired) electrons. The lowest BCUT2D eigenvalue weighted by Gasteiger charge is -2.15. The van der Waals surface area contributed by atoms with E-state index in [1.165, 1.54) is 5.56 Å². The molecule has 7 nitrogen and oxygen atoms in total. The summed E-state index contributed by atoms with van der Waals surface area (Å²) in [7, 11) is 3.98. The van der Waals surface area contributed by atoms with E-state index >= 15 is 0 Å². The molecule has 1 aliphatic heterocycles. The van der Waals surface area contributed by atoms with Crippen LogP contribution in [0.25, 0.3) is 5.65 Å². The molecule has 0 spiro atoms. The van der Waals surface area contributed by atoms with Crippen molar-refractivity contribution in [3.63, 3.8) is 0 Å². The van der Waals surface area contributed by atoms with E-state index < -0.39 is 0 Å². The zero-order valence-electron chi connectivity index (χ0n) is 17.1. The van der Waals surface area contributed by atoms with Crippen LogP contribution in [-0.4, -0.2) is 70.6 Å². The Labute approximate surface area is 171 Å². The minimum atomic E-state index is -0.0643. The average Bonchev–Trinajstić information content (AvgIpc) is 3.34. The van der Waals surface area contributed by atoms with Crippen molar-refractivity contribution in [3.8, 4) is 0 Å². The molecule has 1 aromatic carbocycles. The van der Waals surface area contributed by atoms with Gasteiger partial charge in [0.05, 0.1) is 5.56 Å². The van der Waals surface area contributed by atoms with E-state index in [-0.39, 0.29) is 5.91 Å². The Hall–Kier alpha value is -2.77. The number of pyridine rings is 1. The number of carbonyl (C=O) groups excluding carboxylic acids is 1. The Morgan fingerprint density at radius 3 is 2.79 bits per heavy atom. The van der Waals surface area contributed by atoms with Crippen LogP contribution in [0.2, 0.25) is 0 Å². The Bertz CT molecular complexity index is 968. The predicted octanol–water partition coefficient (Wildman–Crippen LogP) is 2.01. The van der Waals surface area contributed by atoms with E-state index in [0.29, 0.717) is 18.0 Å². The van der Waals surface area contributed by atoms with Crippen molar-refractivity contribution >= 4 is 11.6 Å². The van der Waals surface area contributed by atoms with Crippen LogP contribution in [0.15, 0.2) is 48.7 Å². The van der Waals surface area contributed by atoms with Crippen LogP contribution in [0.3, 0.4) is 0 Å². The lowest BCUT2D eigenvalue weighted by molar-refractivity contribution is 0.0950. The van der Waals surface area contributed by atoms with E-state index in [9.17, 15) is 4.79 Å². The van der Waals surface area contributed by atoms with Crippen LogP contribution in [0.1, 0.15) is 34.1 Å². The van der Waals surface area contributed by atoms with Gasteiger partial charge in [0.15, 0.2) is 5.65 Å². The van der Waals surface area contributed by atoms with Crippen LogP contribution < -0.4 is 5.32 Å². The van der Waals surface area contributed by atoms with Crippen LogP contribution in [0, 0.1) is 0 Å². The van der Waals surface area contributed by atoms with Crippen molar-refractivity contribution in [1.82, 2.24) is 29.7 Å². The fourth-order valence-corrected chi connectivity index (χ4v) is 3.84. The number of hydrogen-bond acceptors (Lipinski definition) is 5. The number of fused-ring (bicyclic) bond motifs is 1. The van der Waals surface area contributed by atoms with Gasteiger partial charge in [0.1, 0.15) is 5.82 Å². The van der Waals surface area contributed by atoms with Gasteiger partial charge in [0.25, 0.3) is 5.91 Å². The highest BCUT2D eigenvalue weighted by Crippen LogP contribution is 2.27. The molecule has 3 aromatic rings. The first kappa shape index (κ1) is 19.5. The van der Waals surface area contributed by atoms with Gasteiger partial charge in [-0.25, -0.2) is 0 Å². The number of amides is 1. The van der Waals surface area contributed by atoms with Crippen LogP contribution in [-0.2, 0) is 6.54 Å². The topological polar surface area (TPSA) is 65.8 Å². The lowest BCUT2D eigenvalue weighted by Crippen LogP contribution is -2.31. The summed E-state index contributed by atoms with van der Waals surface area (Å²) >= 11 is 0. The summed E-state index contributed by atoms with van der Waals surface area (Å²) in [6, 6.07) is 14.2. The number of nitrogens with one attached hydrogen (secondary N) is 1. The number of hydrogen-bond donors (Lipinski definition) is 1. The standard InChI is InChI=1S/C22H28N6O/c1-26(2)13-11-23-22(29)19-8-9-20-24-25-21(28(20)16-19)18-10-12-27(15-18)14-17-6-4-3-5-7-17/h3-9,16,18H,10-15H2,1-2H3,(H,23,29)/t18-/m0/s1. The van der Waals surface area contributed by atoms with Gasteiger partial charge in [0.2, 0.25) is 0 Å². The van der Waals surface area contributed by atoms with Gasteiger partial charge in [-0.2, -0.15) is 0 Å². The normalized spacial score (nSPS) is 17.3. The molecule has 7 heteroatoms. The van der Waals surface area contributed by atoms with Crippen molar-refractivity contribution < 1.29 is 4.79 Å². The second-order valence-corrected chi connectivity index (χ2v) is 7.97. The van der Waals surface area contributed by atoms with Crippen LogP contribution >= 0.6 is 0 Å². The van der Waals surface area contributed by atoms with Gasteiger partial charge in [-0.05, 0) is 44.8 Å². The molecular weight excluding hydrogens is 364 g/mol. The van der Waals surface area contributed by atoms with E-state index in [1.807, 2.05) is 47.8 Å². The first-order valence-electron chi connectivity index (χ1n) is 10.1. The maximum atomic E-state index is 12.5. The second-order valence-electron chi connectivity index (χ2n) is 7.97. The van der Waals surface area contributed by atoms with Crippen molar-refractivity contribution in [3.05, 3.63) is 65.6 Å². The highest BCUT2D eigenvalue weighted by molar-refractivity contribution is 5.94. The fourth-order valence-electron chi connectivity index (χ4n) is 3.84. The molecule has 3 heterocycles. The summed E-state index contributed by atoms with van der Waals surface area (Å²) in [4.78, 5) is 17.0. The summed E-state index contributed by atoms with van der Waals surface area (Å²) in [5.41, 5.74) is 2.75. The maximum Gasteiger partial charge on any atom is 0.252 e. The molecule has 1 aliphatic rings. The maximum absolute atomic E-state index is 12.5. The van der Waals surface area contributed by atoms with E-state index in [2.05, 4.69) is 44.7 Å². The zero-order valence-corrected chi connectivity index (χ0v) is 17.1. The number of carbonyl (C=O) groups is 1. The third kappa shape index (κ3) is 4.63. The number of likely N-dealkylation sites (N-methyl/N-ethyl adjacent to an activating group) is 1. The number of aromatic nitrogens is 3. The Balaban J connectivity index is 1.46. The molecule has 1 amide bonds. The molecule has 29 heavy (non-hydrogen) atoms. The third-order valence-corrected chi connectivity index (χ3v) is 5.42. The molecule has 152 valence electrons. The number of benzene rings is 1. The molecule has 4 rings (SSSR count). The van der Waals surface area contributed by atoms with E-state index in [4.69, 9.17) is 0 Å². The summed E-state index contributed by atoms with van der Waals surface area (Å²) in [5.74, 6) is 1.20. The molecule has 1 N–H and O–H groups in total. The minimum absolute atomic E-state index is 0.0643. The summed E-state index contributed by atoms with van der Waals surface area (Å²) in [6.07, 6.45) is 2.92. The second kappa shape index (κ2) is 8.71. The highest BCUT2D eigenvalue weighted by Gasteiger charge is 2.27. The quantitative estimate of drug-likeness (QED) is 0.666. The average molecular weight is 393 g/mol. The SMILES string of the molecule is CN(C)CCNC(=O)c1ccc2nnc([C@H]3CCN(Cc4ccccc4)C3)n2c1. The highest BCUT2D eigenvalue weighted by atomic mass is 16.1. The van der Waals surface area contributed by atoms with Gasteiger partial charge in [0, 0.05) is 38.3 Å². The summed E-state index contributed by atoms with van der Waals surface area (Å²) in [6.45, 7) is 4.38. The first-order chi connectivity index (χ1) is 14.1. The van der Waals surface area contributed by atoms with E-state index in [0.717, 1.165) is 44.1 Å². The summed E-state index contributed by atoms with van der Waals surface area (Å²) < 4.78 is 1.98. The number of rotatable bonds is 7. The van der Waals surface area contributed by atoms with Gasteiger partial charge >= 0.3 is 0 Å². The van der Waals surface area contributed by atoms with Crippen molar-refractivity contribution in [2.75, 3.05) is 40.3 Å². The molecule has 2 aromatic heterocycles. The van der Waals surface area contributed by atoms with Crippen LogP contribution in [0.4, 0.5) is 0 Å². The number of likely N-dealkylation sites (tertiary alicyclic amines) is 1. The molecule has 0 bridgehead atoms. The molecule has 1 saturated heterocycles. The molecule has 0 unspecified atom stereocenters. The largest absolute Gasteiger partial charge is 0.351 e. The molecule has 1 fully saturated rings. The smallest absolute Gasteiger partial charge is 0.252 e. The zero-order chi connectivity index (χ0) is 20.2. The molecular formula is C22H28N6O. The lowest BCUT2D eigenvalue weighted by atomic mass is 10.1. The van der Waals surface area contributed by atoms with Gasteiger partial charge in [-0.15, -0.1) is 10.2 Å². The van der Waals surface area contributed by atoms with Gasteiger partial charge in [-0.3, -0.25) is 14.1 Å².